The fraction of sp³-hybridized carbons (Fsp3) is 0.550. The lowest BCUT2D eigenvalue weighted by Gasteiger charge is -2.33. The van der Waals surface area contributed by atoms with Crippen molar-refractivity contribution in [1.82, 2.24) is 5.32 Å². The maximum atomic E-state index is 12.2. The van der Waals surface area contributed by atoms with Crippen molar-refractivity contribution < 1.29 is 14.6 Å². The van der Waals surface area contributed by atoms with Crippen molar-refractivity contribution in [1.29, 1.82) is 0 Å². The molecule has 1 aliphatic heterocycles. The molecule has 3 rings (SSSR count). The number of aliphatic hydroxyl groups is 1. The zero-order valence-electron chi connectivity index (χ0n) is 14.2. The van der Waals surface area contributed by atoms with Crippen LogP contribution in [0.2, 0.25) is 0 Å². The third-order valence-electron chi connectivity index (χ3n) is 4.83. The van der Waals surface area contributed by atoms with Crippen LogP contribution >= 0.6 is 0 Å². The summed E-state index contributed by atoms with van der Waals surface area (Å²) in [4.78, 5) is 12.2. The molecule has 4 nitrogen and oxygen atoms in total. The Balaban J connectivity index is 1.62. The first kappa shape index (κ1) is 17.0. The van der Waals surface area contributed by atoms with E-state index in [2.05, 4.69) is 17.2 Å². The number of hydrogen-bond acceptors (Lipinski definition) is 3. The zero-order chi connectivity index (χ0) is 17.0. The highest BCUT2D eigenvalue weighted by Crippen LogP contribution is 2.28. The summed E-state index contributed by atoms with van der Waals surface area (Å²) in [6, 6.07) is 7.95. The van der Waals surface area contributed by atoms with Gasteiger partial charge in [0.2, 0.25) is 5.91 Å². The van der Waals surface area contributed by atoms with Gasteiger partial charge in [0.15, 0.2) is 0 Å². The van der Waals surface area contributed by atoms with Crippen molar-refractivity contribution in [2.75, 3.05) is 13.2 Å². The van der Waals surface area contributed by atoms with Gasteiger partial charge in [0.1, 0.15) is 5.60 Å². The lowest BCUT2D eigenvalue weighted by Crippen LogP contribution is -2.46. The molecule has 1 aliphatic carbocycles. The summed E-state index contributed by atoms with van der Waals surface area (Å²) in [6.07, 6.45) is 3.70. The topological polar surface area (TPSA) is 58.6 Å². The van der Waals surface area contributed by atoms with Gasteiger partial charge >= 0.3 is 0 Å². The highest BCUT2D eigenvalue weighted by atomic mass is 16.5. The predicted molar refractivity (Wildman–Crippen MR) is 92.3 cm³/mol. The number of amides is 1. The van der Waals surface area contributed by atoms with E-state index in [9.17, 15) is 9.90 Å². The molecule has 3 atom stereocenters. The van der Waals surface area contributed by atoms with Gasteiger partial charge in [-0.25, -0.2) is 0 Å². The highest BCUT2D eigenvalue weighted by molar-refractivity contribution is 5.79. The summed E-state index contributed by atoms with van der Waals surface area (Å²) < 4.78 is 5.27. The average Bonchev–Trinajstić information content (AvgIpc) is 3.08. The summed E-state index contributed by atoms with van der Waals surface area (Å²) >= 11 is 0. The number of nitrogens with one attached hydrogen (secondary N) is 1. The first-order valence-electron chi connectivity index (χ1n) is 8.74. The Labute approximate surface area is 143 Å². The van der Waals surface area contributed by atoms with E-state index in [-0.39, 0.29) is 17.9 Å². The Morgan fingerprint density at radius 3 is 3.04 bits per heavy atom. The summed E-state index contributed by atoms with van der Waals surface area (Å²) in [6.45, 7) is 3.20. The molecular weight excluding hydrogens is 302 g/mol. The van der Waals surface area contributed by atoms with Crippen molar-refractivity contribution in [3.8, 4) is 11.8 Å². The molecule has 0 aromatic heterocycles. The molecule has 1 heterocycles. The molecule has 0 bridgehead atoms. The van der Waals surface area contributed by atoms with Gasteiger partial charge in [0.25, 0.3) is 0 Å². The largest absolute Gasteiger partial charge is 0.381 e. The number of aryl methyl sites for hydroxylation is 1. The summed E-state index contributed by atoms with van der Waals surface area (Å²) in [5.41, 5.74) is 1.05. The van der Waals surface area contributed by atoms with Crippen LogP contribution < -0.4 is 5.32 Å². The fourth-order valence-corrected chi connectivity index (χ4v) is 3.46. The van der Waals surface area contributed by atoms with E-state index in [0.29, 0.717) is 26.1 Å². The van der Waals surface area contributed by atoms with E-state index in [1.807, 2.05) is 31.2 Å². The van der Waals surface area contributed by atoms with Gasteiger partial charge in [-0.3, -0.25) is 4.79 Å². The number of carbonyl (C=O) groups excluding carboxylic acids is 1. The molecule has 24 heavy (non-hydrogen) atoms. The van der Waals surface area contributed by atoms with E-state index in [0.717, 1.165) is 30.4 Å². The zero-order valence-corrected chi connectivity index (χ0v) is 14.2. The van der Waals surface area contributed by atoms with Gasteiger partial charge in [-0.1, -0.05) is 24.0 Å². The van der Waals surface area contributed by atoms with E-state index in [4.69, 9.17) is 4.74 Å². The first-order valence-corrected chi connectivity index (χ1v) is 8.74. The molecule has 2 fully saturated rings. The Hall–Kier alpha value is -1.83. The molecule has 0 spiro atoms. The van der Waals surface area contributed by atoms with Crippen LogP contribution in [0.25, 0.3) is 0 Å². The number of ether oxygens (including phenoxy) is 1. The lowest BCUT2D eigenvalue weighted by molar-refractivity contribution is -0.126. The predicted octanol–water partition coefficient (Wildman–Crippen LogP) is 2.17. The van der Waals surface area contributed by atoms with Crippen LogP contribution in [0.15, 0.2) is 24.3 Å². The molecule has 0 radical (unpaired) electrons. The van der Waals surface area contributed by atoms with Crippen LogP contribution in [0.4, 0.5) is 0 Å². The molecule has 2 N–H and O–H groups in total. The molecule has 2 aliphatic rings. The van der Waals surface area contributed by atoms with Crippen LogP contribution in [0.1, 0.15) is 43.2 Å². The van der Waals surface area contributed by atoms with Crippen molar-refractivity contribution in [2.24, 2.45) is 5.92 Å². The average molecular weight is 327 g/mol. The molecule has 1 amide bonds. The quantitative estimate of drug-likeness (QED) is 0.819. The van der Waals surface area contributed by atoms with Crippen LogP contribution in [-0.2, 0) is 9.53 Å². The number of hydrogen-bond donors (Lipinski definition) is 2. The second-order valence-electron chi connectivity index (χ2n) is 7.01. The highest BCUT2D eigenvalue weighted by Gasteiger charge is 2.35. The minimum atomic E-state index is -1.02. The van der Waals surface area contributed by atoms with Crippen molar-refractivity contribution in [2.45, 2.75) is 50.7 Å². The minimum absolute atomic E-state index is 0.0105. The van der Waals surface area contributed by atoms with Gasteiger partial charge in [0, 0.05) is 24.6 Å². The number of carbonyl (C=O) groups is 1. The lowest BCUT2D eigenvalue weighted by atomic mass is 9.82. The summed E-state index contributed by atoms with van der Waals surface area (Å²) in [5, 5.41) is 13.9. The summed E-state index contributed by atoms with van der Waals surface area (Å²) in [7, 11) is 0. The van der Waals surface area contributed by atoms with E-state index >= 15 is 0 Å². The molecule has 1 saturated heterocycles. The second kappa shape index (κ2) is 7.38. The monoisotopic (exact) mass is 327 g/mol. The van der Waals surface area contributed by atoms with Gasteiger partial charge in [-0.15, -0.1) is 0 Å². The molecule has 1 saturated carbocycles. The second-order valence-corrected chi connectivity index (χ2v) is 7.01. The molecule has 128 valence electrons. The maximum absolute atomic E-state index is 12.2. The molecule has 1 aromatic carbocycles. The van der Waals surface area contributed by atoms with Crippen LogP contribution in [0.3, 0.4) is 0 Å². The number of benzene rings is 1. The Morgan fingerprint density at radius 2 is 2.29 bits per heavy atom. The molecule has 1 aromatic rings. The molecular formula is C20H25NO3. The van der Waals surface area contributed by atoms with Gasteiger partial charge < -0.3 is 15.2 Å². The van der Waals surface area contributed by atoms with E-state index in [1.165, 1.54) is 0 Å². The van der Waals surface area contributed by atoms with Crippen LogP contribution in [-0.4, -0.2) is 35.9 Å². The normalized spacial score (nSPS) is 29.6. The van der Waals surface area contributed by atoms with Crippen molar-refractivity contribution in [3.63, 3.8) is 0 Å². The SMILES string of the molecule is Cc1cccc(C#C[C@@]2(O)CCC[C@@H](NC(=O)[C@H]3CCOC3)C2)c1. The minimum Gasteiger partial charge on any atom is -0.381 e. The van der Waals surface area contributed by atoms with E-state index < -0.39 is 5.60 Å². The Kier molecular flexibility index (Phi) is 5.23. The van der Waals surface area contributed by atoms with Crippen molar-refractivity contribution in [3.05, 3.63) is 35.4 Å². The molecule has 0 unspecified atom stereocenters. The first-order chi connectivity index (χ1) is 11.5. The smallest absolute Gasteiger partial charge is 0.225 e. The van der Waals surface area contributed by atoms with Gasteiger partial charge in [-0.05, 0) is 50.3 Å². The van der Waals surface area contributed by atoms with Crippen LogP contribution in [0.5, 0.6) is 0 Å². The molecule has 4 heteroatoms. The third kappa shape index (κ3) is 4.37. The Bertz CT molecular complexity index is 654. The fourth-order valence-electron chi connectivity index (χ4n) is 3.46. The summed E-state index contributed by atoms with van der Waals surface area (Å²) in [5.74, 6) is 6.14. The van der Waals surface area contributed by atoms with Gasteiger partial charge in [-0.2, -0.15) is 0 Å². The van der Waals surface area contributed by atoms with E-state index in [1.54, 1.807) is 0 Å². The number of rotatable bonds is 2. The third-order valence-corrected chi connectivity index (χ3v) is 4.83. The van der Waals surface area contributed by atoms with Gasteiger partial charge in [0.05, 0.1) is 12.5 Å². The van der Waals surface area contributed by atoms with Crippen molar-refractivity contribution >= 4 is 5.91 Å². The Morgan fingerprint density at radius 1 is 1.42 bits per heavy atom. The maximum Gasteiger partial charge on any atom is 0.225 e. The standard InChI is InChI=1S/C20H25NO3/c1-15-4-2-5-16(12-15)7-10-20(23)9-3-6-18(13-20)21-19(22)17-8-11-24-14-17/h2,4-5,12,17-18,23H,3,6,8-9,11,13-14H2,1H3,(H,21,22)/t17-,18+,20-/m0/s1. The van der Waals surface area contributed by atoms with Crippen LogP contribution in [0, 0.1) is 24.7 Å².